The summed E-state index contributed by atoms with van der Waals surface area (Å²) in [4.78, 5) is 2.44. The van der Waals surface area contributed by atoms with Crippen LogP contribution < -0.4 is 4.90 Å². The van der Waals surface area contributed by atoms with Gasteiger partial charge in [0.05, 0.1) is 5.69 Å². The van der Waals surface area contributed by atoms with Gasteiger partial charge in [0, 0.05) is 37.1 Å². The number of fused-ring (bicyclic) bond motifs is 9. The predicted octanol–water partition coefficient (Wildman–Crippen LogP) is 14.8. The topological polar surface area (TPSA) is 3.24 Å². The van der Waals surface area contributed by atoms with Gasteiger partial charge in [0.25, 0.3) is 0 Å². The van der Waals surface area contributed by atoms with E-state index in [9.17, 15) is 0 Å². The third kappa shape index (κ3) is 4.55. The smallest absolute Gasteiger partial charge is 0.0554 e. The van der Waals surface area contributed by atoms with Gasteiger partial charge in [0.1, 0.15) is 0 Å². The van der Waals surface area contributed by atoms with E-state index in [1.807, 2.05) is 11.3 Å². The molecule has 242 valence electrons. The molecular formula is C50H31NS. The second-order valence-corrected chi connectivity index (χ2v) is 14.8. The van der Waals surface area contributed by atoms with Crippen LogP contribution in [0.25, 0.3) is 86.2 Å². The quantitative estimate of drug-likeness (QED) is 0.175. The minimum Gasteiger partial charge on any atom is -0.310 e. The summed E-state index contributed by atoms with van der Waals surface area (Å²) in [6.45, 7) is 0. The van der Waals surface area contributed by atoms with E-state index in [0.29, 0.717) is 0 Å². The van der Waals surface area contributed by atoms with Crippen molar-refractivity contribution in [2.45, 2.75) is 0 Å². The van der Waals surface area contributed by atoms with Gasteiger partial charge in [-0.1, -0.05) is 121 Å². The Labute approximate surface area is 306 Å². The highest BCUT2D eigenvalue weighted by atomic mass is 32.1. The van der Waals surface area contributed by atoms with Crippen molar-refractivity contribution in [1.29, 1.82) is 0 Å². The number of thiophene rings is 1. The zero-order valence-corrected chi connectivity index (χ0v) is 29.1. The van der Waals surface area contributed by atoms with E-state index in [2.05, 4.69) is 193 Å². The molecule has 0 aliphatic heterocycles. The van der Waals surface area contributed by atoms with Gasteiger partial charge in [-0.2, -0.15) is 0 Å². The zero-order chi connectivity index (χ0) is 34.2. The van der Waals surface area contributed by atoms with Crippen LogP contribution in [-0.4, -0.2) is 0 Å². The van der Waals surface area contributed by atoms with Crippen molar-refractivity contribution in [2.24, 2.45) is 0 Å². The van der Waals surface area contributed by atoms with E-state index >= 15 is 0 Å². The van der Waals surface area contributed by atoms with Crippen LogP contribution in [0.1, 0.15) is 0 Å². The molecule has 0 spiro atoms. The molecule has 9 aromatic carbocycles. The molecule has 0 unspecified atom stereocenters. The fraction of sp³-hybridized carbons (Fsp3) is 0. The highest BCUT2D eigenvalue weighted by molar-refractivity contribution is 7.26. The largest absolute Gasteiger partial charge is 0.310 e. The number of nitrogens with zero attached hydrogens (tertiary/aromatic N) is 1. The van der Waals surface area contributed by atoms with Gasteiger partial charge in [-0.3, -0.25) is 0 Å². The second-order valence-electron chi connectivity index (χ2n) is 13.7. The number of benzene rings is 9. The summed E-state index contributed by atoms with van der Waals surface area (Å²) in [5, 5.41) is 7.67. The van der Waals surface area contributed by atoms with Crippen LogP contribution in [0.2, 0.25) is 0 Å². The van der Waals surface area contributed by atoms with Crippen molar-refractivity contribution >= 4 is 70.1 Å². The van der Waals surface area contributed by atoms with E-state index in [4.69, 9.17) is 0 Å². The Morgan fingerprint density at radius 3 is 1.63 bits per heavy atom. The molecule has 0 fully saturated rings. The highest BCUT2D eigenvalue weighted by Crippen LogP contribution is 2.52. The van der Waals surface area contributed by atoms with E-state index in [1.165, 1.54) is 91.9 Å². The summed E-state index contributed by atoms with van der Waals surface area (Å²) in [6, 6.07) is 69.1. The third-order valence-corrected chi connectivity index (χ3v) is 11.9. The first-order valence-electron chi connectivity index (χ1n) is 17.8. The minimum absolute atomic E-state index is 1.13. The number of hydrogen-bond donors (Lipinski definition) is 0. The Balaban J connectivity index is 1.08. The first-order valence-corrected chi connectivity index (χ1v) is 18.7. The summed E-state index contributed by atoms with van der Waals surface area (Å²) in [7, 11) is 0. The summed E-state index contributed by atoms with van der Waals surface area (Å²) in [6.07, 6.45) is 0. The van der Waals surface area contributed by atoms with Gasteiger partial charge >= 0.3 is 0 Å². The first kappa shape index (κ1) is 29.3. The van der Waals surface area contributed by atoms with E-state index in [1.54, 1.807) is 0 Å². The molecule has 0 bridgehead atoms. The van der Waals surface area contributed by atoms with Crippen molar-refractivity contribution in [3.63, 3.8) is 0 Å². The molecule has 0 N–H and O–H groups in total. The Hall–Kier alpha value is -6.48. The van der Waals surface area contributed by atoms with Crippen LogP contribution in [0, 0.1) is 0 Å². The van der Waals surface area contributed by atoms with Gasteiger partial charge in [0.15, 0.2) is 0 Å². The lowest BCUT2D eigenvalue weighted by Crippen LogP contribution is -2.11. The molecule has 1 aliphatic carbocycles. The standard InChI is InChI=1S/C50H31NS/c1-4-12-32(13-5-1)34-20-21-35-28-43-44-29-36-22-23-40(27-38(36)31-46(44)45(43)30-37(35)26-34)51(39-16-8-3-9-17-39)47-25-24-42-41-18-10-11-19-48(41)52-50(42)49(47)33-14-6-2-7-15-33/h1-31H. The first-order chi connectivity index (χ1) is 25.8. The van der Waals surface area contributed by atoms with Crippen molar-refractivity contribution in [2.75, 3.05) is 4.90 Å². The molecule has 1 nitrogen and oxygen atoms in total. The van der Waals surface area contributed by atoms with Crippen molar-refractivity contribution < 1.29 is 0 Å². The normalized spacial score (nSPS) is 11.8. The third-order valence-electron chi connectivity index (χ3n) is 10.7. The van der Waals surface area contributed by atoms with Gasteiger partial charge in [0.2, 0.25) is 0 Å². The van der Waals surface area contributed by atoms with Crippen molar-refractivity contribution in [1.82, 2.24) is 0 Å². The van der Waals surface area contributed by atoms with Gasteiger partial charge in [-0.15, -0.1) is 11.3 Å². The molecule has 11 rings (SSSR count). The maximum Gasteiger partial charge on any atom is 0.0554 e. The Kier molecular flexibility index (Phi) is 6.49. The molecule has 2 heteroatoms. The monoisotopic (exact) mass is 677 g/mol. The summed E-state index contributed by atoms with van der Waals surface area (Å²) < 4.78 is 2.62. The van der Waals surface area contributed by atoms with E-state index < -0.39 is 0 Å². The predicted molar refractivity (Wildman–Crippen MR) is 224 cm³/mol. The van der Waals surface area contributed by atoms with Crippen LogP contribution in [0.4, 0.5) is 17.1 Å². The average Bonchev–Trinajstić information content (AvgIpc) is 3.59. The molecule has 0 amide bonds. The minimum atomic E-state index is 1.13. The molecule has 52 heavy (non-hydrogen) atoms. The second kappa shape index (κ2) is 11.5. The maximum atomic E-state index is 2.44. The van der Waals surface area contributed by atoms with Crippen molar-refractivity contribution in [3.05, 3.63) is 188 Å². The van der Waals surface area contributed by atoms with Crippen LogP contribution in [0.15, 0.2) is 188 Å². The molecule has 10 aromatic rings. The summed E-state index contributed by atoms with van der Waals surface area (Å²) in [5.41, 5.74) is 13.8. The van der Waals surface area contributed by atoms with Crippen LogP contribution in [-0.2, 0) is 0 Å². The Morgan fingerprint density at radius 2 is 0.923 bits per heavy atom. The number of anilines is 3. The molecule has 0 radical (unpaired) electrons. The SMILES string of the molecule is c1ccc(-c2ccc3cc4c(cc3c2)-c2cc3cc(N(c5ccccc5)c5ccc6c(sc7ccccc76)c5-c5ccccc5)ccc3cc2-4)cc1. The highest BCUT2D eigenvalue weighted by Gasteiger charge is 2.25. The van der Waals surface area contributed by atoms with Gasteiger partial charge in [-0.25, -0.2) is 0 Å². The lowest BCUT2D eigenvalue weighted by atomic mass is 9.77. The van der Waals surface area contributed by atoms with Crippen LogP contribution in [0.5, 0.6) is 0 Å². The lowest BCUT2D eigenvalue weighted by molar-refractivity contribution is 1.30. The lowest BCUT2D eigenvalue weighted by Gasteiger charge is -2.29. The Bertz CT molecular complexity index is 3000. The van der Waals surface area contributed by atoms with Gasteiger partial charge in [-0.05, 0) is 127 Å². The molecule has 1 aromatic heterocycles. The Morgan fingerprint density at radius 1 is 0.346 bits per heavy atom. The molecule has 1 aliphatic rings. The van der Waals surface area contributed by atoms with E-state index in [-0.39, 0.29) is 0 Å². The summed E-state index contributed by atoms with van der Waals surface area (Å²) in [5.74, 6) is 0. The summed E-state index contributed by atoms with van der Waals surface area (Å²) >= 11 is 1.89. The van der Waals surface area contributed by atoms with Gasteiger partial charge < -0.3 is 4.90 Å². The van der Waals surface area contributed by atoms with Crippen LogP contribution >= 0.6 is 11.3 Å². The fourth-order valence-electron chi connectivity index (χ4n) is 8.21. The molecule has 0 atom stereocenters. The number of hydrogen-bond acceptors (Lipinski definition) is 2. The maximum absolute atomic E-state index is 2.44. The molecule has 0 saturated heterocycles. The molecule has 1 heterocycles. The zero-order valence-electron chi connectivity index (χ0n) is 28.3. The van der Waals surface area contributed by atoms with E-state index in [0.717, 1.165) is 11.4 Å². The van der Waals surface area contributed by atoms with Crippen LogP contribution in [0.3, 0.4) is 0 Å². The van der Waals surface area contributed by atoms with Crippen molar-refractivity contribution in [3.8, 4) is 44.5 Å². The number of para-hydroxylation sites is 1. The fourth-order valence-corrected chi connectivity index (χ4v) is 9.48. The number of rotatable bonds is 5. The molecular weight excluding hydrogens is 647 g/mol. The molecule has 0 saturated carbocycles. The average molecular weight is 678 g/mol.